The van der Waals surface area contributed by atoms with Crippen molar-refractivity contribution in [2.45, 2.75) is 32.6 Å². The van der Waals surface area contributed by atoms with Gasteiger partial charge in [0.05, 0.1) is 0 Å². The number of nitrogens with zero attached hydrogens (tertiary/aromatic N) is 2. The van der Waals surface area contributed by atoms with Crippen LogP contribution in [0.1, 0.15) is 28.9 Å². The van der Waals surface area contributed by atoms with Gasteiger partial charge in [-0.15, -0.1) is 0 Å². The lowest BCUT2D eigenvalue weighted by atomic mass is 10.1. The molecule has 1 heterocycles. The van der Waals surface area contributed by atoms with Crippen molar-refractivity contribution in [3.63, 3.8) is 0 Å². The van der Waals surface area contributed by atoms with E-state index in [4.69, 9.17) is 0 Å². The summed E-state index contributed by atoms with van der Waals surface area (Å²) < 4.78 is 0. The summed E-state index contributed by atoms with van der Waals surface area (Å²) in [7, 11) is 0. The monoisotopic (exact) mass is 253 g/mol. The molecule has 98 valence electrons. The molecule has 0 saturated carbocycles. The van der Waals surface area contributed by atoms with E-state index in [9.17, 15) is 0 Å². The molecule has 0 unspecified atom stereocenters. The van der Waals surface area contributed by atoms with Gasteiger partial charge in [-0.25, -0.2) is 9.97 Å². The van der Waals surface area contributed by atoms with Crippen molar-refractivity contribution in [2.24, 2.45) is 0 Å². The first-order chi connectivity index (χ1) is 9.33. The van der Waals surface area contributed by atoms with E-state index >= 15 is 0 Å². The van der Waals surface area contributed by atoms with Crippen molar-refractivity contribution in [3.8, 4) is 0 Å². The zero-order valence-corrected chi connectivity index (χ0v) is 11.3. The molecule has 3 rings (SSSR count). The number of aromatic nitrogens is 2. The molecule has 0 radical (unpaired) electrons. The van der Waals surface area contributed by atoms with Crippen molar-refractivity contribution in [1.82, 2.24) is 9.97 Å². The van der Waals surface area contributed by atoms with Gasteiger partial charge in [0.1, 0.15) is 0 Å². The van der Waals surface area contributed by atoms with Gasteiger partial charge in [0, 0.05) is 17.9 Å². The highest BCUT2D eigenvalue weighted by Gasteiger charge is 2.16. The van der Waals surface area contributed by atoms with Crippen molar-refractivity contribution >= 4 is 5.95 Å². The maximum atomic E-state index is 4.62. The summed E-state index contributed by atoms with van der Waals surface area (Å²) in [4.78, 5) is 9.18. The third-order valence-electron chi connectivity index (χ3n) is 3.68. The first-order valence-corrected chi connectivity index (χ1v) is 6.97. The molecule has 2 aromatic rings. The van der Waals surface area contributed by atoms with Gasteiger partial charge in [0.2, 0.25) is 5.95 Å². The lowest BCUT2D eigenvalue weighted by Crippen LogP contribution is -2.10. The van der Waals surface area contributed by atoms with E-state index in [-0.39, 0.29) is 0 Å². The lowest BCUT2D eigenvalue weighted by Gasteiger charge is -2.09. The Balaban J connectivity index is 1.63. The maximum Gasteiger partial charge on any atom is 0.223 e. The number of nitrogens with one attached hydrogen (secondary N) is 1. The van der Waals surface area contributed by atoms with Crippen LogP contribution in [0.3, 0.4) is 0 Å². The average Bonchev–Trinajstić information content (AvgIpc) is 2.89. The van der Waals surface area contributed by atoms with Gasteiger partial charge in [-0.3, -0.25) is 0 Å². The van der Waals surface area contributed by atoms with Crippen LogP contribution in [-0.4, -0.2) is 16.5 Å². The third-order valence-corrected chi connectivity index (χ3v) is 3.68. The molecule has 0 spiro atoms. The molecule has 1 aromatic heterocycles. The highest BCUT2D eigenvalue weighted by molar-refractivity contribution is 5.37. The van der Waals surface area contributed by atoms with E-state index in [1.54, 1.807) is 0 Å². The summed E-state index contributed by atoms with van der Waals surface area (Å²) in [6.07, 6.45) is 4.47. The minimum absolute atomic E-state index is 0.786. The fourth-order valence-electron chi connectivity index (χ4n) is 2.66. The SMILES string of the molecule is Cc1nc(NCCc2ccccc2)nc2c1CCC2. The quantitative estimate of drug-likeness (QED) is 0.910. The lowest BCUT2D eigenvalue weighted by molar-refractivity contribution is 0.897. The van der Waals surface area contributed by atoms with Crippen LogP contribution in [0.25, 0.3) is 0 Å². The minimum atomic E-state index is 0.786. The standard InChI is InChI=1S/C16H19N3/c1-12-14-8-5-9-15(14)19-16(18-12)17-11-10-13-6-3-2-4-7-13/h2-4,6-7H,5,8-11H2,1H3,(H,17,18,19). The molecule has 0 atom stereocenters. The number of hydrogen-bond donors (Lipinski definition) is 1. The van der Waals surface area contributed by atoms with Crippen molar-refractivity contribution in [3.05, 3.63) is 52.8 Å². The molecule has 1 aliphatic carbocycles. The first kappa shape index (κ1) is 12.2. The van der Waals surface area contributed by atoms with Crippen LogP contribution in [-0.2, 0) is 19.3 Å². The fraction of sp³-hybridized carbons (Fsp3) is 0.375. The smallest absolute Gasteiger partial charge is 0.223 e. The van der Waals surface area contributed by atoms with E-state index < -0.39 is 0 Å². The summed E-state index contributed by atoms with van der Waals surface area (Å²) in [5.74, 6) is 0.786. The Morgan fingerprint density at radius 2 is 1.95 bits per heavy atom. The second-order valence-corrected chi connectivity index (χ2v) is 5.07. The number of hydrogen-bond acceptors (Lipinski definition) is 3. The molecule has 0 bridgehead atoms. The largest absolute Gasteiger partial charge is 0.354 e. The predicted molar refractivity (Wildman–Crippen MR) is 77.4 cm³/mol. The van der Waals surface area contributed by atoms with Gasteiger partial charge in [-0.1, -0.05) is 30.3 Å². The van der Waals surface area contributed by atoms with Gasteiger partial charge in [-0.2, -0.15) is 0 Å². The number of anilines is 1. The molecule has 0 fully saturated rings. The Morgan fingerprint density at radius 3 is 2.79 bits per heavy atom. The van der Waals surface area contributed by atoms with Gasteiger partial charge < -0.3 is 5.32 Å². The fourth-order valence-corrected chi connectivity index (χ4v) is 2.66. The van der Waals surface area contributed by atoms with Crippen LogP contribution in [0.2, 0.25) is 0 Å². The van der Waals surface area contributed by atoms with Gasteiger partial charge >= 0.3 is 0 Å². The summed E-state index contributed by atoms with van der Waals surface area (Å²) in [5, 5.41) is 3.34. The van der Waals surface area contributed by atoms with E-state index in [2.05, 4.69) is 46.5 Å². The third kappa shape index (κ3) is 2.75. The van der Waals surface area contributed by atoms with E-state index in [0.29, 0.717) is 0 Å². The molecule has 1 aromatic carbocycles. The molecule has 19 heavy (non-hydrogen) atoms. The predicted octanol–water partition coefficient (Wildman–Crippen LogP) is 2.93. The molecule has 0 saturated heterocycles. The second-order valence-electron chi connectivity index (χ2n) is 5.07. The number of benzene rings is 1. The minimum Gasteiger partial charge on any atom is -0.354 e. The normalized spacial score (nSPS) is 13.3. The highest BCUT2D eigenvalue weighted by Crippen LogP contribution is 2.23. The zero-order chi connectivity index (χ0) is 13.1. The van der Waals surface area contributed by atoms with Gasteiger partial charge in [0.15, 0.2) is 0 Å². The van der Waals surface area contributed by atoms with Crippen LogP contribution in [0.4, 0.5) is 5.95 Å². The Hall–Kier alpha value is -1.90. The molecular weight excluding hydrogens is 234 g/mol. The summed E-state index contributed by atoms with van der Waals surface area (Å²) >= 11 is 0. The summed E-state index contributed by atoms with van der Waals surface area (Å²) in [6.45, 7) is 2.97. The highest BCUT2D eigenvalue weighted by atomic mass is 15.1. The Labute approximate surface area is 114 Å². The number of fused-ring (bicyclic) bond motifs is 1. The molecule has 0 aliphatic heterocycles. The van der Waals surface area contributed by atoms with Crippen LogP contribution < -0.4 is 5.32 Å². The van der Waals surface area contributed by atoms with Crippen molar-refractivity contribution in [1.29, 1.82) is 0 Å². The van der Waals surface area contributed by atoms with E-state index in [1.807, 2.05) is 6.07 Å². The molecule has 3 nitrogen and oxygen atoms in total. The van der Waals surface area contributed by atoms with Crippen LogP contribution in [0.15, 0.2) is 30.3 Å². The van der Waals surface area contributed by atoms with Gasteiger partial charge in [0.25, 0.3) is 0 Å². The molecule has 3 heteroatoms. The molecule has 1 N–H and O–H groups in total. The molecule has 0 amide bonds. The first-order valence-electron chi connectivity index (χ1n) is 6.97. The Bertz CT molecular complexity index is 564. The maximum absolute atomic E-state index is 4.62. The number of rotatable bonds is 4. The Morgan fingerprint density at radius 1 is 1.11 bits per heavy atom. The molecular formula is C16H19N3. The average molecular weight is 253 g/mol. The van der Waals surface area contributed by atoms with Crippen molar-refractivity contribution < 1.29 is 0 Å². The molecule has 1 aliphatic rings. The summed E-state index contributed by atoms with van der Waals surface area (Å²) in [5.41, 5.74) is 5.10. The van der Waals surface area contributed by atoms with Gasteiger partial charge in [-0.05, 0) is 43.7 Å². The van der Waals surface area contributed by atoms with E-state index in [1.165, 1.54) is 23.2 Å². The topological polar surface area (TPSA) is 37.8 Å². The van der Waals surface area contributed by atoms with Crippen LogP contribution in [0, 0.1) is 6.92 Å². The summed E-state index contributed by atoms with van der Waals surface area (Å²) in [6, 6.07) is 10.5. The Kier molecular flexibility index (Phi) is 3.45. The van der Waals surface area contributed by atoms with Crippen LogP contribution >= 0.6 is 0 Å². The second kappa shape index (κ2) is 5.39. The number of aryl methyl sites for hydroxylation is 2. The van der Waals surface area contributed by atoms with E-state index in [0.717, 1.165) is 37.4 Å². The zero-order valence-electron chi connectivity index (χ0n) is 11.3. The van der Waals surface area contributed by atoms with Crippen molar-refractivity contribution in [2.75, 3.05) is 11.9 Å². The van der Waals surface area contributed by atoms with Crippen LogP contribution in [0.5, 0.6) is 0 Å².